The highest BCUT2D eigenvalue weighted by molar-refractivity contribution is 5.78. The number of anilines is 1. The number of alkyl halides is 3. The summed E-state index contributed by atoms with van der Waals surface area (Å²) in [6, 6.07) is 10.0. The first-order valence-electron chi connectivity index (χ1n) is 12.0. The van der Waals surface area contributed by atoms with Crippen LogP contribution in [0.5, 0.6) is 5.75 Å². The maximum atomic E-state index is 12.8. The Kier molecular flexibility index (Phi) is 9.64. The van der Waals surface area contributed by atoms with Gasteiger partial charge in [0.15, 0.2) is 6.29 Å². The van der Waals surface area contributed by atoms with Crippen molar-refractivity contribution in [2.75, 3.05) is 31.6 Å². The van der Waals surface area contributed by atoms with Crippen molar-refractivity contribution in [3.8, 4) is 5.75 Å². The molecule has 0 saturated carbocycles. The summed E-state index contributed by atoms with van der Waals surface area (Å²) < 4.78 is 44.6. The van der Waals surface area contributed by atoms with Crippen molar-refractivity contribution in [1.82, 2.24) is 4.90 Å². The minimum atomic E-state index is -4.35. The van der Waals surface area contributed by atoms with Gasteiger partial charge < -0.3 is 19.2 Å². The molecule has 1 aliphatic rings. The number of hydrogen-bond donors (Lipinski definition) is 0. The van der Waals surface area contributed by atoms with E-state index in [0.29, 0.717) is 49.5 Å². The van der Waals surface area contributed by atoms with Gasteiger partial charge in [-0.2, -0.15) is 13.2 Å². The van der Waals surface area contributed by atoms with Crippen LogP contribution in [0.15, 0.2) is 42.5 Å². The molecule has 1 unspecified atom stereocenters. The molecule has 0 aromatic heterocycles. The molecule has 1 saturated heterocycles. The first kappa shape index (κ1) is 27.4. The van der Waals surface area contributed by atoms with Crippen molar-refractivity contribution in [1.29, 1.82) is 0 Å². The summed E-state index contributed by atoms with van der Waals surface area (Å²) in [5, 5.41) is 0. The fraction of sp³-hybridized carbons (Fsp3) is 0.444. The van der Waals surface area contributed by atoms with Gasteiger partial charge in [-0.25, -0.2) is 0 Å². The molecule has 2 aromatic carbocycles. The summed E-state index contributed by atoms with van der Waals surface area (Å²) in [6.07, 6.45) is 0.323. The fourth-order valence-corrected chi connectivity index (χ4v) is 4.42. The van der Waals surface area contributed by atoms with E-state index in [-0.39, 0.29) is 12.3 Å². The highest BCUT2D eigenvalue weighted by atomic mass is 19.4. The number of nitrogens with zero attached hydrogens (tertiary/aromatic N) is 2. The second-order valence-electron chi connectivity index (χ2n) is 9.09. The first-order valence-corrected chi connectivity index (χ1v) is 12.0. The number of ether oxygens (including phenoxy) is 1. The van der Waals surface area contributed by atoms with Crippen LogP contribution in [0.25, 0.3) is 0 Å². The third-order valence-corrected chi connectivity index (χ3v) is 6.66. The first-order chi connectivity index (χ1) is 17.3. The topological polar surface area (TPSA) is 66.9 Å². The number of likely N-dealkylation sites (N-methyl/N-ethyl adjacent to an activating group) is 1. The van der Waals surface area contributed by atoms with E-state index in [9.17, 15) is 27.6 Å². The normalized spacial score (nSPS) is 15.5. The molecule has 0 amide bonds. The summed E-state index contributed by atoms with van der Waals surface area (Å²) in [5.41, 5.74) is 1.29. The molecule has 6 nitrogen and oxygen atoms in total. The Morgan fingerprint density at radius 2 is 1.78 bits per heavy atom. The van der Waals surface area contributed by atoms with E-state index in [2.05, 4.69) is 4.90 Å². The molecule has 3 rings (SSSR count). The molecule has 0 aliphatic carbocycles. The molecule has 1 atom stereocenters. The zero-order valence-electron chi connectivity index (χ0n) is 20.2. The third kappa shape index (κ3) is 7.16. The molecule has 194 valence electrons. The van der Waals surface area contributed by atoms with Crippen LogP contribution < -0.4 is 9.64 Å². The molecular weight excluding hydrogens is 473 g/mol. The Bertz CT molecular complexity index is 1020. The lowest BCUT2D eigenvalue weighted by Gasteiger charge is -2.34. The van der Waals surface area contributed by atoms with Crippen LogP contribution in [-0.4, -0.2) is 56.5 Å². The van der Waals surface area contributed by atoms with Crippen LogP contribution in [0.3, 0.4) is 0 Å². The lowest BCUT2D eigenvalue weighted by molar-refractivity contribution is -0.137. The van der Waals surface area contributed by atoms with Gasteiger partial charge in [0.05, 0.1) is 18.2 Å². The molecule has 1 fully saturated rings. The molecule has 1 heterocycles. The number of halogens is 3. The smallest absolute Gasteiger partial charge is 0.416 e. The van der Waals surface area contributed by atoms with E-state index in [4.69, 9.17) is 4.74 Å². The standard InChI is InChI=1S/C27H31F3N2O4/c1-31(24(18-35)5-3-15-33)16-25-21(17-34)4-2-6-26(25)36-19-20-11-13-32(14-12-20)23-9-7-22(8-10-23)27(28,29)30/h2,4,6-10,15,17-18,20,24H,3,5,11-14,16,19H2,1H3. The summed E-state index contributed by atoms with van der Waals surface area (Å²) in [6.45, 7) is 2.18. The largest absolute Gasteiger partial charge is 0.493 e. The molecule has 0 bridgehead atoms. The maximum Gasteiger partial charge on any atom is 0.416 e. The van der Waals surface area contributed by atoms with Crippen LogP contribution in [0.1, 0.15) is 47.2 Å². The van der Waals surface area contributed by atoms with Gasteiger partial charge in [-0.05, 0) is 62.6 Å². The predicted octanol–water partition coefficient (Wildman–Crippen LogP) is 4.79. The van der Waals surface area contributed by atoms with Gasteiger partial charge in [0, 0.05) is 42.9 Å². The molecule has 0 N–H and O–H groups in total. The van der Waals surface area contributed by atoms with Gasteiger partial charge in [0.1, 0.15) is 18.3 Å². The molecule has 9 heteroatoms. The van der Waals surface area contributed by atoms with Gasteiger partial charge >= 0.3 is 6.18 Å². The van der Waals surface area contributed by atoms with Crippen LogP contribution in [0.2, 0.25) is 0 Å². The SMILES string of the molecule is CN(Cc1c(C=O)cccc1OCC1CCN(c2ccc(C(F)(F)F)cc2)CC1)C(C=O)CCC=O. The third-order valence-electron chi connectivity index (χ3n) is 6.66. The highest BCUT2D eigenvalue weighted by Gasteiger charge is 2.30. The van der Waals surface area contributed by atoms with Gasteiger partial charge in [-0.1, -0.05) is 12.1 Å². The zero-order chi connectivity index (χ0) is 26.1. The van der Waals surface area contributed by atoms with Crippen molar-refractivity contribution >= 4 is 24.5 Å². The van der Waals surface area contributed by atoms with Crippen molar-refractivity contribution in [3.05, 3.63) is 59.2 Å². The van der Waals surface area contributed by atoms with Crippen molar-refractivity contribution in [2.45, 2.75) is 44.4 Å². The average Bonchev–Trinajstić information content (AvgIpc) is 2.88. The van der Waals surface area contributed by atoms with E-state index in [1.54, 1.807) is 30.1 Å². The minimum Gasteiger partial charge on any atom is -0.493 e. The van der Waals surface area contributed by atoms with E-state index in [0.717, 1.165) is 49.5 Å². The number of benzene rings is 2. The van der Waals surface area contributed by atoms with E-state index in [1.807, 2.05) is 0 Å². The highest BCUT2D eigenvalue weighted by Crippen LogP contribution is 2.32. The summed E-state index contributed by atoms with van der Waals surface area (Å²) in [4.78, 5) is 37.7. The minimum absolute atomic E-state index is 0.261. The second-order valence-corrected chi connectivity index (χ2v) is 9.09. The number of rotatable bonds is 12. The lowest BCUT2D eigenvalue weighted by atomic mass is 9.97. The van der Waals surface area contributed by atoms with Crippen LogP contribution in [0.4, 0.5) is 18.9 Å². The van der Waals surface area contributed by atoms with Crippen LogP contribution in [0, 0.1) is 5.92 Å². The molecule has 36 heavy (non-hydrogen) atoms. The van der Waals surface area contributed by atoms with Gasteiger partial charge in [0.25, 0.3) is 0 Å². The Balaban J connectivity index is 1.59. The summed E-state index contributed by atoms with van der Waals surface area (Å²) >= 11 is 0. The van der Waals surface area contributed by atoms with Crippen molar-refractivity contribution in [3.63, 3.8) is 0 Å². The van der Waals surface area contributed by atoms with Crippen molar-refractivity contribution in [2.24, 2.45) is 5.92 Å². The number of aldehydes is 3. The number of hydrogen-bond acceptors (Lipinski definition) is 6. The molecule has 2 aromatic rings. The van der Waals surface area contributed by atoms with Gasteiger partial charge in [-0.3, -0.25) is 9.69 Å². The molecule has 0 spiro atoms. The quantitative estimate of drug-likeness (QED) is 0.387. The summed E-state index contributed by atoms with van der Waals surface area (Å²) in [7, 11) is 1.77. The zero-order valence-corrected chi connectivity index (χ0v) is 20.2. The number of carbonyl (C=O) groups excluding carboxylic acids is 3. The Hall–Kier alpha value is -3.20. The van der Waals surface area contributed by atoms with E-state index in [1.165, 1.54) is 12.1 Å². The fourth-order valence-electron chi connectivity index (χ4n) is 4.42. The summed E-state index contributed by atoms with van der Waals surface area (Å²) in [5.74, 6) is 0.841. The van der Waals surface area contributed by atoms with Crippen molar-refractivity contribution < 1.29 is 32.3 Å². The Labute approximate surface area is 209 Å². The van der Waals surface area contributed by atoms with Crippen LogP contribution in [-0.2, 0) is 22.3 Å². The Morgan fingerprint density at radius 3 is 2.36 bits per heavy atom. The second kappa shape index (κ2) is 12.7. The van der Waals surface area contributed by atoms with Crippen LogP contribution >= 0.6 is 0 Å². The molecule has 1 aliphatic heterocycles. The van der Waals surface area contributed by atoms with E-state index >= 15 is 0 Å². The maximum absolute atomic E-state index is 12.8. The van der Waals surface area contributed by atoms with Gasteiger partial charge in [-0.15, -0.1) is 0 Å². The molecule has 0 radical (unpaired) electrons. The number of carbonyl (C=O) groups is 3. The number of piperidine rings is 1. The average molecular weight is 505 g/mol. The Morgan fingerprint density at radius 1 is 1.08 bits per heavy atom. The lowest BCUT2D eigenvalue weighted by Crippen LogP contribution is -2.35. The molecular formula is C27H31F3N2O4. The van der Waals surface area contributed by atoms with Gasteiger partial charge in [0.2, 0.25) is 0 Å². The monoisotopic (exact) mass is 504 g/mol. The van der Waals surface area contributed by atoms with E-state index < -0.39 is 17.8 Å². The predicted molar refractivity (Wildman–Crippen MR) is 130 cm³/mol.